The Hall–Kier alpha value is -2.99. The largest absolute Gasteiger partial charge is 0.427 e. The van der Waals surface area contributed by atoms with E-state index in [0.29, 0.717) is 15.2 Å². The number of thiazole rings is 1. The summed E-state index contributed by atoms with van der Waals surface area (Å²) in [5, 5.41) is 0. The minimum Gasteiger partial charge on any atom is -0.427 e. The van der Waals surface area contributed by atoms with Gasteiger partial charge in [0.25, 0.3) is 5.56 Å². The molecule has 0 unspecified atom stereocenters. The molecule has 0 bridgehead atoms. The molecule has 26 heavy (non-hydrogen) atoms. The first-order valence-electron chi connectivity index (χ1n) is 8.15. The predicted octanol–water partition coefficient (Wildman–Crippen LogP) is 3.00. The van der Waals surface area contributed by atoms with E-state index >= 15 is 0 Å². The van der Waals surface area contributed by atoms with Crippen molar-refractivity contribution in [3.8, 4) is 5.75 Å². The lowest BCUT2D eigenvalue weighted by molar-refractivity contribution is -0.131. The van der Waals surface area contributed by atoms with Gasteiger partial charge in [0.1, 0.15) is 5.75 Å². The first-order chi connectivity index (χ1) is 12.4. The minimum absolute atomic E-state index is 0.0696. The van der Waals surface area contributed by atoms with Crippen molar-refractivity contribution < 1.29 is 9.53 Å². The van der Waals surface area contributed by atoms with E-state index in [4.69, 9.17) is 4.74 Å². The number of hydrogen-bond acceptors (Lipinski definition) is 5. The summed E-state index contributed by atoms with van der Waals surface area (Å²) >= 11 is 1.37. The van der Waals surface area contributed by atoms with Crippen LogP contribution in [0.2, 0.25) is 0 Å². The Morgan fingerprint density at radius 2 is 1.85 bits per heavy atom. The first kappa shape index (κ1) is 16.5. The van der Waals surface area contributed by atoms with Crippen LogP contribution >= 0.6 is 11.3 Å². The van der Waals surface area contributed by atoms with Crippen molar-refractivity contribution in [3.63, 3.8) is 0 Å². The van der Waals surface area contributed by atoms with Crippen LogP contribution in [0.1, 0.15) is 23.6 Å². The zero-order valence-corrected chi connectivity index (χ0v) is 15.4. The molecule has 5 nitrogen and oxygen atoms in total. The van der Waals surface area contributed by atoms with Gasteiger partial charge in [-0.3, -0.25) is 9.59 Å². The van der Waals surface area contributed by atoms with E-state index in [1.807, 2.05) is 44.2 Å². The summed E-state index contributed by atoms with van der Waals surface area (Å²) in [6.45, 7) is 5.43. The number of aromatic nitrogens is 2. The van der Waals surface area contributed by atoms with E-state index in [0.717, 1.165) is 27.7 Å². The summed E-state index contributed by atoms with van der Waals surface area (Å²) in [5.41, 5.74) is 4.77. The molecule has 4 rings (SSSR count). The van der Waals surface area contributed by atoms with Gasteiger partial charge in [0.15, 0.2) is 4.96 Å². The lowest BCUT2D eigenvalue weighted by atomic mass is 10.1. The normalized spacial score (nSPS) is 12.2. The SMILES string of the molecule is CC(=O)Oc1ccc(/C=c2\sc3nc4cc(C)c(C)cc4n3c2=O)cc1. The average molecular weight is 364 g/mol. The number of esters is 1. The number of carbonyl (C=O) groups is 1. The Morgan fingerprint density at radius 3 is 2.54 bits per heavy atom. The standard InChI is InChI=1S/C20H16N2O3S/c1-11-8-16-17(9-12(11)2)22-19(24)18(26-20(22)21-16)10-14-4-6-15(7-5-14)25-13(3)23/h4-10H,1-3H3/b18-10-. The number of aryl methyl sites for hydroxylation is 2. The van der Waals surface area contributed by atoms with Crippen molar-refractivity contribution in [1.82, 2.24) is 9.38 Å². The maximum atomic E-state index is 12.8. The molecule has 0 amide bonds. The van der Waals surface area contributed by atoms with Crippen LogP contribution in [0.4, 0.5) is 0 Å². The summed E-state index contributed by atoms with van der Waals surface area (Å²) in [5.74, 6) is 0.121. The maximum Gasteiger partial charge on any atom is 0.308 e. The molecular formula is C20H16N2O3S. The molecule has 0 atom stereocenters. The molecule has 0 fully saturated rings. The van der Waals surface area contributed by atoms with Gasteiger partial charge in [0.05, 0.1) is 15.6 Å². The molecule has 2 heterocycles. The average Bonchev–Trinajstić information content (AvgIpc) is 3.06. The third-order valence-electron chi connectivity index (χ3n) is 4.29. The predicted molar refractivity (Wildman–Crippen MR) is 103 cm³/mol. The van der Waals surface area contributed by atoms with Gasteiger partial charge in [-0.25, -0.2) is 9.38 Å². The van der Waals surface area contributed by atoms with E-state index in [1.54, 1.807) is 16.5 Å². The summed E-state index contributed by atoms with van der Waals surface area (Å²) < 4.78 is 7.31. The Bertz CT molecular complexity index is 1270. The van der Waals surface area contributed by atoms with E-state index in [-0.39, 0.29) is 11.5 Å². The molecule has 0 N–H and O–H groups in total. The molecule has 0 radical (unpaired) electrons. The number of rotatable bonds is 2. The highest BCUT2D eigenvalue weighted by atomic mass is 32.1. The van der Waals surface area contributed by atoms with Crippen LogP contribution in [0.5, 0.6) is 5.75 Å². The summed E-state index contributed by atoms with van der Waals surface area (Å²) in [7, 11) is 0. The van der Waals surface area contributed by atoms with Gasteiger partial charge in [-0.05, 0) is 60.9 Å². The van der Waals surface area contributed by atoms with Gasteiger partial charge in [-0.2, -0.15) is 0 Å². The zero-order valence-electron chi connectivity index (χ0n) is 14.6. The highest BCUT2D eigenvalue weighted by molar-refractivity contribution is 7.15. The Labute approximate surface area is 153 Å². The quantitative estimate of drug-likeness (QED) is 0.405. The number of fused-ring (bicyclic) bond motifs is 3. The number of carbonyl (C=O) groups excluding carboxylic acids is 1. The maximum absolute atomic E-state index is 12.8. The van der Waals surface area contributed by atoms with E-state index < -0.39 is 0 Å². The van der Waals surface area contributed by atoms with E-state index in [2.05, 4.69) is 4.98 Å². The van der Waals surface area contributed by atoms with E-state index in [1.165, 1.54) is 18.3 Å². The molecule has 0 aliphatic rings. The second kappa shape index (κ2) is 6.07. The first-order valence-corrected chi connectivity index (χ1v) is 8.96. The van der Waals surface area contributed by atoms with E-state index in [9.17, 15) is 9.59 Å². The summed E-state index contributed by atoms with van der Waals surface area (Å²) in [6.07, 6.45) is 1.83. The van der Waals surface area contributed by atoms with Crippen LogP contribution in [-0.4, -0.2) is 15.4 Å². The third kappa shape index (κ3) is 2.78. The molecular weight excluding hydrogens is 348 g/mol. The van der Waals surface area contributed by atoms with Crippen LogP contribution in [0, 0.1) is 13.8 Å². The van der Waals surface area contributed by atoms with Gasteiger partial charge in [0.2, 0.25) is 0 Å². The van der Waals surface area contributed by atoms with Gasteiger partial charge in [0, 0.05) is 6.92 Å². The van der Waals surface area contributed by atoms with Gasteiger partial charge in [-0.15, -0.1) is 0 Å². The molecule has 4 aromatic rings. The monoisotopic (exact) mass is 364 g/mol. The van der Waals surface area contributed by atoms with Crippen LogP contribution in [-0.2, 0) is 4.79 Å². The van der Waals surface area contributed by atoms with Gasteiger partial charge >= 0.3 is 5.97 Å². The van der Waals surface area contributed by atoms with Crippen molar-refractivity contribution in [2.75, 3.05) is 0 Å². The topological polar surface area (TPSA) is 60.7 Å². The number of nitrogens with zero attached hydrogens (tertiary/aromatic N) is 2. The summed E-state index contributed by atoms with van der Waals surface area (Å²) in [6, 6.07) is 11.1. The fourth-order valence-electron chi connectivity index (χ4n) is 2.87. The number of imidazole rings is 1. The lowest BCUT2D eigenvalue weighted by Crippen LogP contribution is -2.22. The molecule has 0 saturated carbocycles. The zero-order chi connectivity index (χ0) is 18.4. The number of hydrogen-bond donors (Lipinski definition) is 0. The van der Waals surface area contributed by atoms with Crippen molar-refractivity contribution in [2.24, 2.45) is 0 Å². The fraction of sp³-hybridized carbons (Fsp3) is 0.150. The highest BCUT2D eigenvalue weighted by Crippen LogP contribution is 2.20. The molecule has 2 aromatic heterocycles. The molecule has 6 heteroatoms. The van der Waals surface area contributed by atoms with Gasteiger partial charge in [-0.1, -0.05) is 23.5 Å². The number of ether oxygens (including phenoxy) is 1. The Morgan fingerprint density at radius 1 is 1.15 bits per heavy atom. The molecule has 0 aliphatic carbocycles. The highest BCUT2D eigenvalue weighted by Gasteiger charge is 2.12. The van der Waals surface area contributed by atoms with Crippen molar-refractivity contribution in [2.45, 2.75) is 20.8 Å². The Kier molecular flexibility index (Phi) is 3.85. The van der Waals surface area contributed by atoms with Crippen molar-refractivity contribution in [3.05, 3.63) is 68.0 Å². The molecule has 0 saturated heterocycles. The van der Waals surface area contributed by atoms with Gasteiger partial charge < -0.3 is 4.74 Å². The van der Waals surface area contributed by atoms with Crippen LogP contribution in [0.15, 0.2) is 41.2 Å². The smallest absolute Gasteiger partial charge is 0.308 e. The second-order valence-corrected chi connectivity index (χ2v) is 7.24. The van der Waals surface area contributed by atoms with Crippen LogP contribution in [0.3, 0.4) is 0 Å². The molecule has 0 aliphatic heterocycles. The van der Waals surface area contributed by atoms with Crippen molar-refractivity contribution in [1.29, 1.82) is 0 Å². The van der Waals surface area contributed by atoms with Crippen LogP contribution < -0.4 is 14.8 Å². The minimum atomic E-state index is -0.361. The lowest BCUT2D eigenvalue weighted by Gasteiger charge is -2.00. The molecule has 130 valence electrons. The van der Waals surface area contributed by atoms with Crippen molar-refractivity contribution >= 4 is 39.4 Å². The second-order valence-electron chi connectivity index (χ2n) is 6.23. The summed E-state index contributed by atoms with van der Waals surface area (Å²) in [4.78, 5) is 29.1. The number of benzene rings is 2. The van der Waals surface area contributed by atoms with Crippen LogP contribution in [0.25, 0.3) is 22.1 Å². The molecule has 0 spiro atoms. The molecule has 2 aromatic carbocycles. The fourth-order valence-corrected chi connectivity index (χ4v) is 3.85. The third-order valence-corrected chi connectivity index (χ3v) is 5.26. The Balaban J connectivity index is 1.83.